The first-order valence-electron chi connectivity index (χ1n) is 4.46. The summed E-state index contributed by atoms with van der Waals surface area (Å²) in [6.45, 7) is 2.62. The third-order valence-corrected chi connectivity index (χ3v) is 1.86. The monoisotopic (exact) mass is 209 g/mol. The number of rotatable bonds is 3. The van der Waals surface area contributed by atoms with E-state index < -0.39 is 0 Å². The molecule has 9 nitrogen and oxygen atoms in total. The summed E-state index contributed by atoms with van der Waals surface area (Å²) in [7, 11) is 3.67. The van der Waals surface area contributed by atoms with E-state index in [1.54, 1.807) is 9.69 Å². The summed E-state index contributed by atoms with van der Waals surface area (Å²) in [5, 5.41) is 24.3. The summed E-state index contributed by atoms with van der Waals surface area (Å²) < 4.78 is 1.63. The Morgan fingerprint density at radius 3 is 2.40 bits per heavy atom. The van der Waals surface area contributed by atoms with Gasteiger partial charge in [0.25, 0.3) is 0 Å². The number of hydrogen-bond donors (Lipinski definition) is 0. The van der Waals surface area contributed by atoms with Gasteiger partial charge in [-0.3, -0.25) is 5.01 Å². The fourth-order valence-electron chi connectivity index (χ4n) is 1.16. The van der Waals surface area contributed by atoms with Crippen LogP contribution in [0.1, 0.15) is 6.92 Å². The Bertz CT molecular complexity index is 441. The smallest absolute Gasteiger partial charge is 0.243 e. The quantitative estimate of drug-likeness (QED) is 0.610. The van der Waals surface area contributed by atoms with Crippen molar-refractivity contribution in [3.05, 3.63) is 0 Å². The minimum absolute atomic E-state index is 0.520. The van der Waals surface area contributed by atoms with Crippen LogP contribution in [0.2, 0.25) is 0 Å². The van der Waals surface area contributed by atoms with Crippen molar-refractivity contribution in [1.29, 1.82) is 0 Å². The Labute approximate surface area is 85.6 Å². The van der Waals surface area contributed by atoms with Crippen LogP contribution in [0, 0.1) is 0 Å². The van der Waals surface area contributed by atoms with E-state index in [0.29, 0.717) is 18.2 Å². The number of nitrogens with zero attached hydrogens (tertiary/aromatic N) is 9. The maximum absolute atomic E-state index is 3.89. The number of aromatic nitrogens is 8. The molecule has 2 rings (SSSR count). The Hall–Kier alpha value is -2.06. The van der Waals surface area contributed by atoms with Crippen molar-refractivity contribution in [3.63, 3.8) is 0 Å². The van der Waals surface area contributed by atoms with Gasteiger partial charge in [-0.15, -0.1) is 15.0 Å². The molecule has 0 amide bonds. The van der Waals surface area contributed by atoms with Gasteiger partial charge in [0.05, 0.1) is 0 Å². The highest BCUT2D eigenvalue weighted by molar-refractivity contribution is 5.41. The van der Waals surface area contributed by atoms with Gasteiger partial charge in [0.1, 0.15) is 0 Å². The molecule has 0 aliphatic rings. The van der Waals surface area contributed by atoms with Gasteiger partial charge in [0, 0.05) is 20.6 Å². The molecule has 0 saturated carbocycles. The van der Waals surface area contributed by atoms with Gasteiger partial charge in [-0.1, -0.05) is 0 Å². The molecule has 80 valence electrons. The van der Waals surface area contributed by atoms with Crippen molar-refractivity contribution in [2.24, 2.45) is 0 Å². The second kappa shape index (κ2) is 3.59. The van der Waals surface area contributed by atoms with Crippen LogP contribution in [-0.4, -0.2) is 54.6 Å². The number of hydrogen-bond acceptors (Lipinski definition) is 7. The normalized spacial score (nSPS) is 10.6. The van der Waals surface area contributed by atoms with Crippen LogP contribution in [-0.2, 0) is 6.54 Å². The molecule has 2 aromatic heterocycles. The van der Waals surface area contributed by atoms with Crippen LogP contribution in [0.25, 0.3) is 11.6 Å². The van der Waals surface area contributed by atoms with Crippen molar-refractivity contribution in [3.8, 4) is 11.6 Å². The van der Waals surface area contributed by atoms with Gasteiger partial charge >= 0.3 is 0 Å². The van der Waals surface area contributed by atoms with Gasteiger partial charge in [0.15, 0.2) is 0 Å². The van der Waals surface area contributed by atoms with Gasteiger partial charge in [-0.2, -0.15) is 0 Å². The van der Waals surface area contributed by atoms with Crippen molar-refractivity contribution in [2.45, 2.75) is 13.5 Å². The number of tetrazole rings is 2. The summed E-state index contributed by atoms with van der Waals surface area (Å²) >= 11 is 0. The van der Waals surface area contributed by atoms with E-state index in [0.717, 1.165) is 0 Å². The van der Waals surface area contributed by atoms with Crippen LogP contribution in [0.3, 0.4) is 0 Å². The fraction of sp³-hybridized carbons (Fsp3) is 0.667. The molecule has 0 spiro atoms. The molecule has 15 heavy (non-hydrogen) atoms. The molecule has 0 atom stereocenters. The summed E-state index contributed by atoms with van der Waals surface area (Å²) in [6, 6.07) is 0. The molecule has 0 radical (unpaired) electrons. The highest BCUT2D eigenvalue weighted by Gasteiger charge is 2.16. The lowest BCUT2D eigenvalue weighted by atomic mass is 10.5. The van der Waals surface area contributed by atoms with E-state index in [1.165, 1.54) is 4.79 Å². The van der Waals surface area contributed by atoms with Gasteiger partial charge in [-0.05, 0) is 27.8 Å². The standard InChI is InChI=1S/C6H11N9/c1-4-14-5(7-9-11-14)6-8-10-12-15(6)13(2)3/h4H2,1-3H3. The molecule has 2 heterocycles. The second-order valence-corrected chi connectivity index (χ2v) is 3.06. The SMILES string of the molecule is CCn1nnnc1-c1nnnn1N(C)C. The Morgan fingerprint density at radius 2 is 1.73 bits per heavy atom. The maximum Gasteiger partial charge on any atom is 0.243 e. The zero-order chi connectivity index (χ0) is 10.8. The minimum atomic E-state index is 0.520. The van der Waals surface area contributed by atoms with E-state index in [4.69, 9.17) is 0 Å². The fourth-order valence-corrected chi connectivity index (χ4v) is 1.16. The predicted octanol–water partition coefficient (Wildman–Crippen LogP) is -1.46. The van der Waals surface area contributed by atoms with Crippen LogP contribution in [0.5, 0.6) is 0 Å². The predicted molar refractivity (Wildman–Crippen MR) is 50.4 cm³/mol. The molecule has 0 bridgehead atoms. The third kappa shape index (κ3) is 1.51. The summed E-state index contributed by atoms with van der Waals surface area (Å²) in [5.74, 6) is 1.07. The third-order valence-electron chi connectivity index (χ3n) is 1.86. The average Bonchev–Trinajstić information content (AvgIpc) is 2.85. The summed E-state index contributed by atoms with van der Waals surface area (Å²) in [4.78, 5) is 1.53. The van der Waals surface area contributed by atoms with Crippen LogP contribution in [0.15, 0.2) is 0 Å². The lowest BCUT2D eigenvalue weighted by Gasteiger charge is -2.11. The molecule has 0 aliphatic heterocycles. The molecule has 0 aromatic carbocycles. The van der Waals surface area contributed by atoms with E-state index in [2.05, 4.69) is 31.1 Å². The first-order chi connectivity index (χ1) is 7.24. The Morgan fingerprint density at radius 1 is 1.07 bits per heavy atom. The summed E-state index contributed by atoms with van der Waals surface area (Å²) in [6.07, 6.45) is 0. The Kier molecular flexibility index (Phi) is 2.27. The minimum Gasteiger partial charge on any atom is -0.299 e. The molecule has 0 aliphatic carbocycles. The molecule has 2 aromatic rings. The molecule has 0 N–H and O–H groups in total. The van der Waals surface area contributed by atoms with E-state index in [9.17, 15) is 0 Å². The van der Waals surface area contributed by atoms with E-state index in [-0.39, 0.29) is 0 Å². The number of aryl methyl sites for hydroxylation is 1. The largest absolute Gasteiger partial charge is 0.299 e. The maximum atomic E-state index is 3.89. The topological polar surface area (TPSA) is 90.4 Å². The molecular formula is C6H11N9. The first kappa shape index (κ1) is 9.49. The highest BCUT2D eigenvalue weighted by Crippen LogP contribution is 2.09. The van der Waals surface area contributed by atoms with Crippen molar-refractivity contribution < 1.29 is 0 Å². The van der Waals surface area contributed by atoms with Gasteiger partial charge < -0.3 is 0 Å². The van der Waals surface area contributed by atoms with Crippen molar-refractivity contribution >= 4 is 0 Å². The van der Waals surface area contributed by atoms with Gasteiger partial charge in [-0.25, -0.2) is 4.68 Å². The molecule has 0 unspecified atom stereocenters. The molecule has 0 saturated heterocycles. The first-order valence-corrected chi connectivity index (χ1v) is 4.46. The van der Waals surface area contributed by atoms with E-state index >= 15 is 0 Å². The molecule has 0 fully saturated rings. The van der Waals surface area contributed by atoms with Crippen molar-refractivity contribution in [1.82, 2.24) is 40.5 Å². The van der Waals surface area contributed by atoms with Gasteiger partial charge in [0.2, 0.25) is 11.6 Å². The van der Waals surface area contributed by atoms with Crippen LogP contribution < -0.4 is 5.01 Å². The van der Waals surface area contributed by atoms with Crippen LogP contribution in [0.4, 0.5) is 0 Å². The highest BCUT2D eigenvalue weighted by atomic mass is 15.7. The molecular weight excluding hydrogens is 198 g/mol. The lowest BCUT2D eigenvalue weighted by Crippen LogP contribution is -2.27. The zero-order valence-electron chi connectivity index (χ0n) is 8.73. The van der Waals surface area contributed by atoms with Crippen LogP contribution >= 0.6 is 0 Å². The Balaban J connectivity index is 2.49. The lowest BCUT2D eigenvalue weighted by molar-refractivity contribution is 0.598. The summed E-state index contributed by atoms with van der Waals surface area (Å²) in [5.41, 5.74) is 0. The van der Waals surface area contributed by atoms with Crippen molar-refractivity contribution in [2.75, 3.05) is 19.1 Å². The molecule has 9 heteroatoms. The van der Waals surface area contributed by atoms with E-state index in [1.807, 2.05) is 21.0 Å². The zero-order valence-corrected chi connectivity index (χ0v) is 8.73. The average molecular weight is 209 g/mol. The second-order valence-electron chi connectivity index (χ2n) is 3.06.